The second-order valence-electron chi connectivity index (χ2n) is 6.10. The zero-order valence-corrected chi connectivity index (χ0v) is 13.6. The highest BCUT2D eigenvalue weighted by atomic mass is 19.4. The van der Waals surface area contributed by atoms with Gasteiger partial charge < -0.3 is 15.7 Å². The van der Waals surface area contributed by atoms with Gasteiger partial charge in [0.2, 0.25) is 5.72 Å². The van der Waals surface area contributed by atoms with Crippen LogP contribution < -0.4 is 10.6 Å². The summed E-state index contributed by atoms with van der Waals surface area (Å²) in [6, 6.07) is 8.58. The van der Waals surface area contributed by atoms with Gasteiger partial charge in [-0.05, 0) is 17.7 Å². The molecule has 1 heterocycles. The molecule has 2 aromatic carbocycles. The first-order valence-corrected chi connectivity index (χ1v) is 7.86. The molecule has 3 N–H and O–H groups in total. The van der Waals surface area contributed by atoms with Gasteiger partial charge in [0.15, 0.2) is 5.78 Å². The number of alkyl halides is 3. The van der Waals surface area contributed by atoms with Gasteiger partial charge in [0.1, 0.15) is 11.7 Å². The van der Waals surface area contributed by atoms with E-state index in [9.17, 15) is 32.3 Å². The van der Waals surface area contributed by atoms with Crippen LogP contribution in [0.4, 0.5) is 22.4 Å². The number of urea groups is 1. The maximum Gasteiger partial charge on any atom is 0.437 e. The van der Waals surface area contributed by atoms with Crippen LogP contribution in [0.1, 0.15) is 22.0 Å². The highest BCUT2D eigenvalue weighted by Gasteiger charge is 2.66. The van der Waals surface area contributed by atoms with Gasteiger partial charge in [-0.25, -0.2) is 9.18 Å². The normalized spacial score (nSPS) is 25.4. The molecule has 1 aliphatic rings. The van der Waals surface area contributed by atoms with Crippen molar-refractivity contribution in [2.75, 3.05) is 0 Å². The van der Waals surface area contributed by atoms with Crippen LogP contribution in [0.3, 0.4) is 0 Å². The maximum absolute atomic E-state index is 13.7. The van der Waals surface area contributed by atoms with Crippen molar-refractivity contribution in [2.45, 2.75) is 17.9 Å². The van der Waals surface area contributed by atoms with Gasteiger partial charge in [-0.3, -0.25) is 4.79 Å². The zero-order chi connectivity index (χ0) is 19.8. The number of carbonyl (C=O) groups excluding carboxylic acids is 2. The monoisotopic (exact) mass is 382 g/mol. The average molecular weight is 382 g/mol. The third kappa shape index (κ3) is 3.37. The van der Waals surface area contributed by atoms with Gasteiger partial charge in [0.25, 0.3) is 0 Å². The summed E-state index contributed by atoms with van der Waals surface area (Å²) in [5, 5.41) is 14.0. The summed E-state index contributed by atoms with van der Waals surface area (Å²) < 4.78 is 54.6. The lowest BCUT2D eigenvalue weighted by molar-refractivity contribution is -0.287. The summed E-state index contributed by atoms with van der Waals surface area (Å²) in [5.74, 6) is -4.00. The third-order valence-corrected chi connectivity index (χ3v) is 4.35. The van der Waals surface area contributed by atoms with E-state index in [0.29, 0.717) is 0 Å². The third-order valence-electron chi connectivity index (χ3n) is 4.35. The molecule has 3 rings (SSSR count). The Bertz CT molecular complexity index is 872. The fourth-order valence-corrected chi connectivity index (χ4v) is 3.10. The molecule has 2 aromatic rings. The first-order chi connectivity index (χ1) is 12.6. The molecule has 0 bridgehead atoms. The average Bonchev–Trinajstić information content (AvgIpc) is 2.60. The minimum absolute atomic E-state index is 0.0817. The van der Waals surface area contributed by atoms with Crippen LogP contribution in [0.2, 0.25) is 0 Å². The molecular weight excluding hydrogens is 368 g/mol. The van der Waals surface area contributed by atoms with E-state index in [2.05, 4.69) is 5.32 Å². The fourth-order valence-electron chi connectivity index (χ4n) is 3.10. The Kier molecular flexibility index (Phi) is 4.64. The molecule has 9 heteroatoms. The van der Waals surface area contributed by atoms with Crippen molar-refractivity contribution in [2.24, 2.45) is 5.92 Å². The molecule has 0 aliphatic carbocycles. The minimum atomic E-state index is -5.36. The van der Waals surface area contributed by atoms with E-state index >= 15 is 0 Å². The van der Waals surface area contributed by atoms with Crippen molar-refractivity contribution in [3.63, 3.8) is 0 Å². The molecule has 1 aliphatic heterocycles. The van der Waals surface area contributed by atoms with Gasteiger partial charge in [0.05, 0.1) is 6.04 Å². The number of hydrogen-bond acceptors (Lipinski definition) is 3. The molecule has 1 fully saturated rings. The van der Waals surface area contributed by atoms with E-state index < -0.39 is 41.5 Å². The van der Waals surface area contributed by atoms with Crippen LogP contribution in [0.5, 0.6) is 0 Å². The predicted octanol–water partition coefficient (Wildman–Crippen LogP) is 2.93. The molecule has 0 radical (unpaired) electrons. The summed E-state index contributed by atoms with van der Waals surface area (Å²) in [7, 11) is 0. The lowest BCUT2D eigenvalue weighted by Crippen LogP contribution is -2.72. The largest absolute Gasteiger partial charge is 0.437 e. The Balaban J connectivity index is 2.17. The van der Waals surface area contributed by atoms with E-state index in [1.54, 1.807) is 6.07 Å². The van der Waals surface area contributed by atoms with E-state index in [0.717, 1.165) is 12.1 Å². The number of amides is 2. The fraction of sp³-hybridized carbons (Fsp3) is 0.222. The SMILES string of the molecule is O=C1N[C@@H](c2cccc(F)c2)[C@H](C(=O)c2ccccc2)[C@](O)(C(F)(F)F)N1. The van der Waals surface area contributed by atoms with Gasteiger partial charge in [-0.1, -0.05) is 42.5 Å². The van der Waals surface area contributed by atoms with Crippen molar-refractivity contribution in [1.82, 2.24) is 10.6 Å². The number of halogens is 4. The number of nitrogens with one attached hydrogen (secondary N) is 2. The second-order valence-corrected chi connectivity index (χ2v) is 6.10. The number of hydrogen-bond donors (Lipinski definition) is 3. The molecular formula is C18H14F4N2O3. The van der Waals surface area contributed by atoms with Crippen molar-refractivity contribution < 1.29 is 32.3 Å². The number of benzene rings is 2. The van der Waals surface area contributed by atoms with Crippen LogP contribution in [0, 0.1) is 11.7 Å². The van der Waals surface area contributed by atoms with Crippen LogP contribution >= 0.6 is 0 Å². The standard InChI is InChI=1S/C18H14F4N2O3/c19-12-8-4-7-11(9-12)14-13(15(25)10-5-2-1-3-6-10)17(27,18(20,21)22)24-16(26)23-14/h1-9,13-14,27H,(H2,23,24,26)/t13-,14+,17+/m1/s1. The molecule has 2 amide bonds. The van der Waals surface area contributed by atoms with Crippen molar-refractivity contribution in [1.29, 1.82) is 0 Å². The number of aliphatic hydroxyl groups is 1. The maximum atomic E-state index is 13.7. The molecule has 27 heavy (non-hydrogen) atoms. The Morgan fingerprint density at radius 2 is 1.74 bits per heavy atom. The Hall–Kier alpha value is -2.94. The van der Waals surface area contributed by atoms with E-state index in [4.69, 9.17) is 0 Å². The van der Waals surface area contributed by atoms with Gasteiger partial charge in [-0.2, -0.15) is 13.2 Å². The predicted molar refractivity (Wildman–Crippen MR) is 86.1 cm³/mol. The topological polar surface area (TPSA) is 78.4 Å². The Morgan fingerprint density at radius 1 is 1.07 bits per heavy atom. The molecule has 0 saturated carbocycles. The smallest absolute Gasteiger partial charge is 0.363 e. The summed E-state index contributed by atoms with van der Waals surface area (Å²) >= 11 is 0. The lowest BCUT2D eigenvalue weighted by Gasteiger charge is -2.45. The summed E-state index contributed by atoms with van der Waals surface area (Å²) in [4.78, 5) is 24.7. The first kappa shape index (κ1) is 18.8. The summed E-state index contributed by atoms with van der Waals surface area (Å²) in [5.41, 5.74) is -4.01. The van der Waals surface area contributed by atoms with Crippen molar-refractivity contribution >= 4 is 11.8 Å². The van der Waals surface area contributed by atoms with Gasteiger partial charge in [0, 0.05) is 5.56 Å². The molecule has 1 saturated heterocycles. The minimum Gasteiger partial charge on any atom is -0.363 e. The number of rotatable bonds is 3. The van der Waals surface area contributed by atoms with E-state index in [1.807, 2.05) is 0 Å². The second kappa shape index (κ2) is 6.66. The molecule has 3 atom stereocenters. The number of carbonyl (C=O) groups is 2. The summed E-state index contributed by atoms with van der Waals surface area (Å²) in [6.07, 6.45) is -5.36. The van der Waals surface area contributed by atoms with Crippen LogP contribution in [-0.2, 0) is 0 Å². The van der Waals surface area contributed by atoms with Crippen LogP contribution in [-0.4, -0.2) is 28.8 Å². The van der Waals surface area contributed by atoms with Crippen molar-refractivity contribution in [3.8, 4) is 0 Å². The Morgan fingerprint density at radius 3 is 2.33 bits per heavy atom. The molecule has 0 spiro atoms. The summed E-state index contributed by atoms with van der Waals surface area (Å²) in [6.45, 7) is 0. The first-order valence-electron chi connectivity index (χ1n) is 7.86. The van der Waals surface area contributed by atoms with E-state index in [1.165, 1.54) is 41.7 Å². The molecule has 0 aromatic heterocycles. The molecule has 142 valence electrons. The lowest BCUT2D eigenvalue weighted by atomic mass is 9.77. The van der Waals surface area contributed by atoms with Gasteiger partial charge in [-0.15, -0.1) is 0 Å². The quantitative estimate of drug-likeness (QED) is 0.564. The zero-order valence-electron chi connectivity index (χ0n) is 13.6. The molecule has 5 nitrogen and oxygen atoms in total. The highest BCUT2D eigenvalue weighted by molar-refractivity contribution is 6.00. The number of Topliss-reactive ketones (excluding diaryl/α,β-unsaturated/α-hetero) is 1. The van der Waals surface area contributed by atoms with Crippen LogP contribution in [0.25, 0.3) is 0 Å². The van der Waals surface area contributed by atoms with Gasteiger partial charge >= 0.3 is 12.2 Å². The van der Waals surface area contributed by atoms with E-state index in [-0.39, 0.29) is 11.1 Å². The number of ketones is 1. The van der Waals surface area contributed by atoms with Crippen LogP contribution in [0.15, 0.2) is 54.6 Å². The van der Waals surface area contributed by atoms with Crippen molar-refractivity contribution in [3.05, 3.63) is 71.5 Å². The highest BCUT2D eigenvalue weighted by Crippen LogP contribution is 2.43. The molecule has 0 unspecified atom stereocenters. The Labute approximate surface area is 151 Å².